The molecule has 0 unspecified atom stereocenters. The largest absolute Gasteiger partial charge is 0.495 e. The van der Waals surface area contributed by atoms with Crippen LogP contribution in [0.3, 0.4) is 0 Å². The minimum absolute atomic E-state index is 0.0397. The summed E-state index contributed by atoms with van der Waals surface area (Å²) in [6.45, 7) is 0.428. The lowest BCUT2D eigenvalue weighted by Gasteiger charge is -2.08. The Bertz CT molecular complexity index is 1100. The zero-order valence-corrected chi connectivity index (χ0v) is 17.0. The van der Waals surface area contributed by atoms with Gasteiger partial charge in [-0.25, -0.2) is 0 Å². The summed E-state index contributed by atoms with van der Waals surface area (Å²) in [6, 6.07) is 23.8. The molecule has 30 heavy (non-hydrogen) atoms. The van der Waals surface area contributed by atoms with Crippen molar-refractivity contribution in [3.05, 3.63) is 94.5 Å². The summed E-state index contributed by atoms with van der Waals surface area (Å²) < 4.78 is 10.9. The van der Waals surface area contributed by atoms with Crippen LogP contribution in [0.4, 0.5) is 5.69 Å². The fraction of sp³-hybridized carbons (Fsp3) is 0.0833. The second-order valence-electron chi connectivity index (χ2n) is 6.32. The van der Waals surface area contributed by atoms with E-state index in [0.717, 1.165) is 5.56 Å². The van der Waals surface area contributed by atoms with Crippen molar-refractivity contribution in [1.29, 1.82) is 5.26 Å². The molecule has 0 radical (unpaired) electrons. The summed E-state index contributed by atoms with van der Waals surface area (Å²) in [6.07, 6.45) is 1.51. The minimum atomic E-state index is -0.533. The molecule has 5 nitrogen and oxygen atoms in total. The number of hydrogen-bond acceptors (Lipinski definition) is 4. The highest BCUT2D eigenvalue weighted by Gasteiger charge is 2.11. The first-order valence-electron chi connectivity index (χ1n) is 9.12. The molecular formula is C24H19ClN2O3. The molecular weight excluding hydrogens is 400 g/mol. The van der Waals surface area contributed by atoms with Gasteiger partial charge in [0.2, 0.25) is 0 Å². The molecule has 0 atom stereocenters. The molecule has 1 amide bonds. The van der Waals surface area contributed by atoms with E-state index in [1.807, 2.05) is 48.5 Å². The molecule has 0 aliphatic rings. The first-order valence-corrected chi connectivity index (χ1v) is 9.50. The predicted molar refractivity (Wildman–Crippen MR) is 117 cm³/mol. The maximum absolute atomic E-state index is 12.5. The maximum atomic E-state index is 12.5. The number of halogens is 1. The van der Waals surface area contributed by atoms with Crippen LogP contribution in [0.2, 0.25) is 5.02 Å². The average Bonchev–Trinajstić information content (AvgIpc) is 2.77. The van der Waals surface area contributed by atoms with Crippen molar-refractivity contribution in [2.75, 3.05) is 12.4 Å². The van der Waals surface area contributed by atoms with Gasteiger partial charge in [0.15, 0.2) is 0 Å². The van der Waals surface area contributed by atoms with Crippen LogP contribution in [-0.4, -0.2) is 13.0 Å². The van der Waals surface area contributed by atoms with E-state index in [4.69, 9.17) is 21.1 Å². The number of benzene rings is 3. The molecule has 0 spiro atoms. The van der Waals surface area contributed by atoms with E-state index in [2.05, 4.69) is 5.32 Å². The van der Waals surface area contributed by atoms with Crippen LogP contribution in [0.1, 0.15) is 11.1 Å². The highest BCUT2D eigenvalue weighted by molar-refractivity contribution is 6.32. The quantitative estimate of drug-likeness (QED) is 0.407. The smallest absolute Gasteiger partial charge is 0.266 e. The normalized spacial score (nSPS) is 10.8. The van der Waals surface area contributed by atoms with E-state index < -0.39 is 5.91 Å². The lowest BCUT2D eigenvalue weighted by atomic mass is 10.1. The van der Waals surface area contributed by atoms with Crippen LogP contribution >= 0.6 is 11.6 Å². The van der Waals surface area contributed by atoms with Crippen LogP contribution in [0.15, 0.2) is 78.4 Å². The van der Waals surface area contributed by atoms with Crippen LogP contribution < -0.4 is 14.8 Å². The Hall–Kier alpha value is -3.75. The molecule has 3 aromatic rings. The topological polar surface area (TPSA) is 71.3 Å². The van der Waals surface area contributed by atoms with Crippen molar-refractivity contribution in [3.8, 4) is 17.6 Å². The number of anilines is 1. The number of carbonyl (C=O) groups excluding carboxylic acids is 1. The van der Waals surface area contributed by atoms with Gasteiger partial charge >= 0.3 is 0 Å². The SMILES string of the molecule is COc1ccc(NC(=O)/C(C#N)=C/c2cccc(OCc3ccccc3)c2)cc1Cl. The Morgan fingerprint density at radius 2 is 1.90 bits per heavy atom. The Morgan fingerprint density at radius 3 is 2.60 bits per heavy atom. The Labute approximate surface area is 180 Å². The van der Waals surface area contributed by atoms with E-state index in [1.165, 1.54) is 13.2 Å². The van der Waals surface area contributed by atoms with E-state index in [1.54, 1.807) is 30.3 Å². The zero-order chi connectivity index (χ0) is 21.3. The molecule has 0 aliphatic heterocycles. The number of nitriles is 1. The van der Waals surface area contributed by atoms with E-state index >= 15 is 0 Å². The van der Waals surface area contributed by atoms with Gasteiger partial charge in [0, 0.05) is 5.69 Å². The van der Waals surface area contributed by atoms with Crippen LogP contribution in [-0.2, 0) is 11.4 Å². The standard InChI is InChI=1S/C24H19ClN2O3/c1-29-23-11-10-20(14-22(23)25)27-24(28)19(15-26)12-18-8-5-9-21(13-18)30-16-17-6-3-2-4-7-17/h2-14H,16H2,1H3,(H,27,28)/b19-12+. The number of hydrogen-bond donors (Lipinski definition) is 1. The third kappa shape index (κ3) is 5.63. The van der Waals surface area contributed by atoms with Crippen molar-refractivity contribution in [2.45, 2.75) is 6.61 Å². The van der Waals surface area contributed by atoms with Crippen molar-refractivity contribution in [3.63, 3.8) is 0 Å². The fourth-order valence-electron chi connectivity index (χ4n) is 2.69. The predicted octanol–water partition coefficient (Wildman–Crippen LogP) is 5.47. The van der Waals surface area contributed by atoms with Gasteiger partial charge in [0.25, 0.3) is 5.91 Å². The third-order valence-electron chi connectivity index (χ3n) is 4.19. The van der Waals surface area contributed by atoms with Gasteiger partial charge in [0.05, 0.1) is 12.1 Å². The lowest BCUT2D eigenvalue weighted by Crippen LogP contribution is -2.13. The molecule has 0 heterocycles. The monoisotopic (exact) mass is 418 g/mol. The Morgan fingerprint density at radius 1 is 1.10 bits per heavy atom. The van der Waals surface area contributed by atoms with Crippen LogP contribution in [0.5, 0.6) is 11.5 Å². The summed E-state index contributed by atoms with van der Waals surface area (Å²) in [5.41, 5.74) is 2.16. The molecule has 6 heteroatoms. The van der Waals surface area contributed by atoms with Gasteiger partial charge in [-0.05, 0) is 47.5 Å². The third-order valence-corrected chi connectivity index (χ3v) is 4.49. The minimum Gasteiger partial charge on any atom is -0.495 e. The first kappa shape index (κ1) is 21.0. The summed E-state index contributed by atoms with van der Waals surface area (Å²) in [5.74, 6) is 0.611. The number of nitrogens with zero attached hydrogens (tertiary/aromatic N) is 1. The highest BCUT2D eigenvalue weighted by Crippen LogP contribution is 2.27. The Kier molecular flexibility index (Phi) is 7.09. The second kappa shape index (κ2) is 10.1. The summed E-state index contributed by atoms with van der Waals surface area (Å²) in [7, 11) is 1.51. The average molecular weight is 419 g/mol. The van der Waals surface area contributed by atoms with Crippen molar-refractivity contribution in [2.24, 2.45) is 0 Å². The molecule has 0 aliphatic carbocycles. The van der Waals surface area contributed by atoms with Crippen molar-refractivity contribution >= 4 is 29.3 Å². The van der Waals surface area contributed by atoms with Crippen molar-refractivity contribution < 1.29 is 14.3 Å². The number of methoxy groups -OCH3 is 1. The van der Waals surface area contributed by atoms with Gasteiger partial charge in [-0.3, -0.25) is 4.79 Å². The number of amides is 1. The number of ether oxygens (including phenoxy) is 2. The highest BCUT2D eigenvalue weighted by atomic mass is 35.5. The van der Waals surface area contributed by atoms with Gasteiger partial charge < -0.3 is 14.8 Å². The van der Waals surface area contributed by atoms with Gasteiger partial charge in [-0.1, -0.05) is 54.1 Å². The molecule has 0 fully saturated rings. The molecule has 3 aromatic carbocycles. The Balaban J connectivity index is 1.71. The first-order chi connectivity index (χ1) is 14.6. The van der Waals surface area contributed by atoms with Gasteiger partial charge in [0.1, 0.15) is 29.7 Å². The maximum Gasteiger partial charge on any atom is 0.266 e. The molecule has 0 saturated carbocycles. The molecule has 150 valence electrons. The fourth-order valence-corrected chi connectivity index (χ4v) is 2.95. The molecule has 0 bridgehead atoms. The van der Waals surface area contributed by atoms with E-state index in [-0.39, 0.29) is 5.57 Å². The molecule has 0 aromatic heterocycles. The van der Waals surface area contributed by atoms with Crippen molar-refractivity contribution in [1.82, 2.24) is 0 Å². The van der Waals surface area contributed by atoms with Crippen LogP contribution in [0, 0.1) is 11.3 Å². The summed E-state index contributed by atoms with van der Waals surface area (Å²) in [4.78, 5) is 12.5. The summed E-state index contributed by atoms with van der Waals surface area (Å²) in [5, 5.41) is 12.5. The van der Waals surface area contributed by atoms with Gasteiger partial charge in [-0.2, -0.15) is 5.26 Å². The number of carbonyl (C=O) groups is 1. The number of nitrogens with one attached hydrogen (secondary N) is 1. The van der Waals surface area contributed by atoms with E-state index in [0.29, 0.717) is 34.4 Å². The molecule has 1 N–H and O–H groups in total. The van der Waals surface area contributed by atoms with E-state index in [9.17, 15) is 10.1 Å². The zero-order valence-electron chi connectivity index (χ0n) is 16.3. The molecule has 3 rings (SSSR count). The summed E-state index contributed by atoms with van der Waals surface area (Å²) >= 11 is 6.08. The van der Waals surface area contributed by atoms with Gasteiger partial charge in [-0.15, -0.1) is 0 Å². The second-order valence-corrected chi connectivity index (χ2v) is 6.73. The van der Waals surface area contributed by atoms with Crippen LogP contribution in [0.25, 0.3) is 6.08 Å². The number of rotatable bonds is 7. The lowest BCUT2D eigenvalue weighted by molar-refractivity contribution is -0.112. The molecule has 0 saturated heterocycles.